The number of thiophene rings is 1. The van der Waals surface area contributed by atoms with Crippen LogP contribution in [0, 0.1) is 5.92 Å². The second-order valence-electron chi connectivity index (χ2n) is 6.58. The standard InChI is InChI=1S/C16H23NO2S/c1-15(19,12-6-7-12)11-17-14(18)16(8-2-3-9-16)13-5-4-10-20-13/h4-5,10,12,19H,2-3,6-9,11H2,1H3,(H,17,18). The summed E-state index contributed by atoms with van der Waals surface area (Å²) in [6.07, 6.45) is 6.27. The van der Waals surface area contributed by atoms with E-state index in [9.17, 15) is 9.90 Å². The number of rotatable bonds is 5. The van der Waals surface area contributed by atoms with Crippen molar-refractivity contribution in [2.24, 2.45) is 5.92 Å². The highest BCUT2D eigenvalue weighted by molar-refractivity contribution is 7.10. The van der Waals surface area contributed by atoms with Gasteiger partial charge in [0.05, 0.1) is 11.0 Å². The molecular formula is C16H23NO2S. The van der Waals surface area contributed by atoms with Gasteiger partial charge in [-0.05, 0) is 50.0 Å². The Labute approximate surface area is 124 Å². The summed E-state index contributed by atoms with van der Waals surface area (Å²) in [5.74, 6) is 0.474. The van der Waals surface area contributed by atoms with Gasteiger partial charge in [0.1, 0.15) is 0 Å². The van der Waals surface area contributed by atoms with E-state index in [4.69, 9.17) is 0 Å². The lowest BCUT2D eigenvalue weighted by Crippen LogP contribution is -2.48. The number of hydrogen-bond donors (Lipinski definition) is 2. The molecule has 2 aliphatic rings. The molecular weight excluding hydrogens is 270 g/mol. The zero-order valence-electron chi connectivity index (χ0n) is 12.0. The first-order chi connectivity index (χ1) is 9.55. The Morgan fingerprint density at radius 1 is 1.50 bits per heavy atom. The molecule has 110 valence electrons. The summed E-state index contributed by atoms with van der Waals surface area (Å²) >= 11 is 1.68. The van der Waals surface area contributed by atoms with E-state index < -0.39 is 5.60 Å². The summed E-state index contributed by atoms with van der Waals surface area (Å²) in [7, 11) is 0. The van der Waals surface area contributed by atoms with E-state index in [0.29, 0.717) is 12.5 Å². The van der Waals surface area contributed by atoms with Gasteiger partial charge in [-0.25, -0.2) is 0 Å². The average molecular weight is 293 g/mol. The van der Waals surface area contributed by atoms with E-state index in [1.165, 1.54) is 4.88 Å². The summed E-state index contributed by atoms with van der Waals surface area (Å²) in [5.41, 5.74) is -1.08. The molecule has 2 N–H and O–H groups in total. The zero-order valence-corrected chi connectivity index (χ0v) is 12.8. The molecule has 1 unspecified atom stereocenters. The molecule has 1 aromatic heterocycles. The highest BCUT2D eigenvalue weighted by Gasteiger charge is 2.45. The Balaban J connectivity index is 1.70. The third kappa shape index (κ3) is 2.51. The topological polar surface area (TPSA) is 49.3 Å². The van der Waals surface area contributed by atoms with Gasteiger partial charge in [-0.3, -0.25) is 4.79 Å². The van der Waals surface area contributed by atoms with Gasteiger partial charge in [-0.2, -0.15) is 0 Å². The molecule has 1 aromatic rings. The van der Waals surface area contributed by atoms with Crippen molar-refractivity contribution < 1.29 is 9.90 Å². The monoisotopic (exact) mass is 293 g/mol. The van der Waals surface area contributed by atoms with Crippen molar-refractivity contribution in [2.45, 2.75) is 56.5 Å². The third-order valence-electron chi connectivity index (χ3n) is 4.95. The molecule has 1 heterocycles. The van der Waals surface area contributed by atoms with E-state index in [2.05, 4.69) is 11.4 Å². The number of amides is 1. The molecule has 2 aliphatic carbocycles. The second kappa shape index (κ2) is 5.15. The predicted molar refractivity (Wildman–Crippen MR) is 80.8 cm³/mol. The highest BCUT2D eigenvalue weighted by Crippen LogP contribution is 2.44. The van der Waals surface area contributed by atoms with Crippen molar-refractivity contribution in [3.05, 3.63) is 22.4 Å². The van der Waals surface area contributed by atoms with Crippen molar-refractivity contribution in [3.63, 3.8) is 0 Å². The molecule has 2 saturated carbocycles. The van der Waals surface area contributed by atoms with E-state index in [0.717, 1.165) is 38.5 Å². The van der Waals surface area contributed by atoms with Crippen LogP contribution in [-0.4, -0.2) is 23.2 Å². The summed E-state index contributed by atoms with van der Waals surface area (Å²) in [6.45, 7) is 2.22. The lowest BCUT2D eigenvalue weighted by atomic mass is 9.83. The van der Waals surface area contributed by atoms with Crippen molar-refractivity contribution in [2.75, 3.05) is 6.54 Å². The van der Waals surface area contributed by atoms with Crippen molar-refractivity contribution >= 4 is 17.2 Å². The normalized spacial score (nSPS) is 24.3. The molecule has 20 heavy (non-hydrogen) atoms. The molecule has 3 nitrogen and oxygen atoms in total. The van der Waals surface area contributed by atoms with Gasteiger partial charge in [0.2, 0.25) is 5.91 Å². The van der Waals surface area contributed by atoms with Crippen LogP contribution in [0.25, 0.3) is 0 Å². The van der Waals surface area contributed by atoms with Crippen molar-refractivity contribution in [3.8, 4) is 0 Å². The maximum Gasteiger partial charge on any atom is 0.231 e. The van der Waals surface area contributed by atoms with Crippen LogP contribution in [0.4, 0.5) is 0 Å². The fraction of sp³-hybridized carbons (Fsp3) is 0.688. The number of aliphatic hydroxyl groups is 1. The molecule has 0 spiro atoms. The van der Waals surface area contributed by atoms with Crippen LogP contribution in [0.15, 0.2) is 17.5 Å². The minimum Gasteiger partial charge on any atom is -0.388 e. The first-order valence-corrected chi connectivity index (χ1v) is 8.47. The molecule has 0 radical (unpaired) electrons. The third-order valence-corrected chi connectivity index (χ3v) is 6.02. The maximum atomic E-state index is 12.7. The summed E-state index contributed by atoms with van der Waals surface area (Å²) in [6, 6.07) is 4.10. The molecule has 0 saturated heterocycles. The number of hydrogen-bond acceptors (Lipinski definition) is 3. The quantitative estimate of drug-likeness (QED) is 0.877. The second-order valence-corrected chi connectivity index (χ2v) is 7.53. The molecule has 0 bridgehead atoms. The molecule has 3 rings (SSSR count). The first kappa shape index (κ1) is 14.1. The average Bonchev–Trinajstić information content (AvgIpc) is 2.95. The minimum absolute atomic E-state index is 0.110. The fourth-order valence-corrected chi connectivity index (χ4v) is 4.38. The molecule has 2 fully saturated rings. The summed E-state index contributed by atoms with van der Waals surface area (Å²) in [4.78, 5) is 13.9. The largest absolute Gasteiger partial charge is 0.388 e. The maximum absolute atomic E-state index is 12.7. The molecule has 1 atom stereocenters. The highest BCUT2D eigenvalue weighted by atomic mass is 32.1. The van der Waals surface area contributed by atoms with Crippen LogP contribution >= 0.6 is 11.3 Å². The Bertz CT molecular complexity index is 471. The predicted octanol–water partition coefficient (Wildman–Crippen LogP) is 2.84. The first-order valence-electron chi connectivity index (χ1n) is 7.59. The molecule has 4 heteroatoms. The van der Waals surface area contributed by atoms with Crippen LogP contribution in [0.5, 0.6) is 0 Å². The van der Waals surface area contributed by atoms with Gasteiger partial charge in [0, 0.05) is 11.4 Å². The number of carbonyl (C=O) groups excluding carboxylic acids is 1. The molecule has 0 aliphatic heterocycles. The van der Waals surface area contributed by atoms with Gasteiger partial charge in [0.15, 0.2) is 0 Å². The van der Waals surface area contributed by atoms with Gasteiger partial charge < -0.3 is 10.4 Å². The molecule has 0 aromatic carbocycles. The van der Waals surface area contributed by atoms with E-state index >= 15 is 0 Å². The van der Waals surface area contributed by atoms with Crippen LogP contribution in [0.1, 0.15) is 50.3 Å². The van der Waals surface area contributed by atoms with Gasteiger partial charge in [0.25, 0.3) is 0 Å². The minimum atomic E-state index is -0.745. The van der Waals surface area contributed by atoms with E-state index in [1.807, 2.05) is 18.4 Å². The Hall–Kier alpha value is -0.870. The SMILES string of the molecule is CC(O)(CNC(=O)C1(c2cccs2)CCCC1)C1CC1. The number of nitrogens with one attached hydrogen (secondary N) is 1. The van der Waals surface area contributed by atoms with Gasteiger partial charge in [-0.1, -0.05) is 18.9 Å². The molecule has 1 amide bonds. The van der Waals surface area contributed by atoms with E-state index in [1.54, 1.807) is 11.3 Å². The zero-order chi connectivity index (χ0) is 14.2. The van der Waals surface area contributed by atoms with Gasteiger partial charge in [-0.15, -0.1) is 11.3 Å². The van der Waals surface area contributed by atoms with Gasteiger partial charge >= 0.3 is 0 Å². The fourth-order valence-electron chi connectivity index (χ4n) is 3.39. The smallest absolute Gasteiger partial charge is 0.231 e. The van der Waals surface area contributed by atoms with Crippen LogP contribution in [0.2, 0.25) is 0 Å². The van der Waals surface area contributed by atoms with E-state index in [-0.39, 0.29) is 11.3 Å². The summed E-state index contributed by atoms with van der Waals surface area (Å²) < 4.78 is 0. The number of carbonyl (C=O) groups is 1. The van der Waals surface area contributed by atoms with Crippen LogP contribution < -0.4 is 5.32 Å². The van der Waals surface area contributed by atoms with Crippen molar-refractivity contribution in [1.29, 1.82) is 0 Å². The lowest BCUT2D eigenvalue weighted by molar-refractivity contribution is -0.127. The van der Waals surface area contributed by atoms with Crippen LogP contribution in [0.3, 0.4) is 0 Å². The lowest BCUT2D eigenvalue weighted by Gasteiger charge is -2.30. The Morgan fingerprint density at radius 3 is 2.75 bits per heavy atom. The van der Waals surface area contributed by atoms with Crippen LogP contribution in [-0.2, 0) is 10.2 Å². The summed E-state index contributed by atoms with van der Waals surface area (Å²) in [5, 5.41) is 15.4. The van der Waals surface area contributed by atoms with Crippen molar-refractivity contribution in [1.82, 2.24) is 5.32 Å². The Kier molecular flexibility index (Phi) is 3.63. The Morgan fingerprint density at radius 2 is 2.20 bits per heavy atom.